The standard InChI is InChI=1S/C14H25N5/c1-18(14-4-2-3-5-14)8-9-19-11-13(16-17-19)10-15-12-6-7-12/h11-12,14-15H,2-10H2,1H3. The van der Waals surface area contributed by atoms with Crippen molar-refractivity contribution in [1.29, 1.82) is 0 Å². The van der Waals surface area contributed by atoms with E-state index in [-0.39, 0.29) is 0 Å². The van der Waals surface area contributed by atoms with Crippen LogP contribution in [-0.4, -0.2) is 45.6 Å². The van der Waals surface area contributed by atoms with Gasteiger partial charge in [-0.3, -0.25) is 4.68 Å². The van der Waals surface area contributed by atoms with Gasteiger partial charge in [0.2, 0.25) is 0 Å². The van der Waals surface area contributed by atoms with Crippen molar-refractivity contribution in [2.45, 2.75) is 63.7 Å². The summed E-state index contributed by atoms with van der Waals surface area (Å²) in [5, 5.41) is 11.9. The monoisotopic (exact) mass is 263 g/mol. The van der Waals surface area contributed by atoms with Gasteiger partial charge in [-0.05, 0) is 32.7 Å². The summed E-state index contributed by atoms with van der Waals surface area (Å²) in [6, 6.07) is 1.53. The molecular formula is C14H25N5. The van der Waals surface area contributed by atoms with Crippen LogP contribution in [0.1, 0.15) is 44.2 Å². The lowest BCUT2D eigenvalue weighted by Gasteiger charge is -2.23. The van der Waals surface area contributed by atoms with E-state index in [4.69, 9.17) is 0 Å². The SMILES string of the molecule is CN(CCn1cc(CNC2CC2)nn1)C1CCCC1. The third-order valence-electron chi connectivity index (χ3n) is 4.37. The molecule has 2 saturated carbocycles. The van der Waals surface area contributed by atoms with Crippen molar-refractivity contribution in [3.8, 4) is 0 Å². The van der Waals surface area contributed by atoms with Gasteiger partial charge in [-0.25, -0.2) is 0 Å². The molecular weight excluding hydrogens is 238 g/mol. The van der Waals surface area contributed by atoms with E-state index in [9.17, 15) is 0 Å². The first-order valence-electron chi connectivity index (χ1n) is 7.64. The van der Waals surface area contributed by atoms with Crippen LogP contribution in [0.3, 0.4) is 0 Å². The largest absolute Gasteiger partial charge is 0.308 e. The minimum Gasteiger partial charge on any atom is -0.308 e. The molecule has 0 saturated heterocycles. The van der Waals surface area contributed by atoms with Crippen LogP contribution in [0.5, 0.6) is 0 Å². The van der Waals surface area contributed by atoms with Crippen LogP contribution in [0.25, 0.3) is 0 Å². The highest BCUT2D eigenvalue weighted by Gasteiger charge is 2.21. The molecule has 0 spiro atoms. The number of aromatic nitrogens is 3. The van der Waals surface area contributed by atoms with E-state index in [0.29, 0.717) is 0 Å². The fourth-order valence-corrected chi connectivity index (χ4v) is 2.85. The average molecular weight is 263 g/mol. The topological polar surface area (TPSA) is 46.0 Å². The van der Waals surface area contributed by atoms with E-state index < -0.39 is 0 Å². The molecule has 1 aromatic heterocycles. The first kappa shape index (κ1) is 13.1. The smallest absolute Gasteiger partial charge is 0.0964 e. The third-order valence-corrected chi connectivity index (χ3v) is 4.37. The summed E-state index contributed by atoms with van der Waals surface area (Å²) >= 11 is 0. The molecule has 1 aromatic rings. The summed E-state index contributed by atoms with van der Waals surface area (Å²) in [5.74, 6) is 0. The molecule has 0 unspecified atom stereocenters. The number of rotatable bonds is 7. The molecule has 0 aromatic carbocycles. The van der Waals surface area contributed by atoms with E-state index in [0.717, 1.165) is 37.4 Å². The summed E-state index contributed by atoms with van der Waals surface area (Å²) in [5.41, 5.74) is 1.07. The maximum Gasteiger partial charge on any atom is 0.0964 e. The van der Waals surface area contributed by atoms with Gasteiger partial charge in [0.1, 0.15) is 0 Å². The molecule has 2 fully saturated rings. The third kappa shape index (κ3) is 3.76. The quantitative estimate of drug-likeness (QED) is 0.808. The Bertz CT molecular complexity index is 392. The lowest BCUT2D eigenvalue weighted by atomic mass is 10.2. The summed E-state index contributed by atoms with van der Waals surface area (Å²) in [7, 11) is 2.24. The molecule has 2 aliphatic carbocycles. The molecule has 2 aliphatic rings. The van der Waals surface area contributed by atoms with Crippen LogP contribution in [0.4, 0.5) is 0 Å². The van der Waals surface area contributed by atoms with Crippen LogP contribution in [-0.2, 0) is 13.1 Å². The summed E-state index contributed by atoms with van der Waals surface area (Å²) < 4.78 is 1.98. The van der Waals surface area contributed by atoms with Gasteiger partial charge in [0, 0.05) is 31.4 Å². The maximum atomic E-state index is 4.22. The zero-order valence-electron chi connectivity index (χ0n) is 11.9. The van der Waals surface area contributed by atoms with Gasteiger partial charge in [0.15, 0.2) is 0 Å². The highest BCUT2D eigenvalue weighted by Crippen LogP contribution is 2.22. The summed E-state index contributed by atoms with van der Waals surface area (Å²) in [6.07, 6.45) is 10.2. The van der Waals surface area contributed by atoms with Crippen molar-refractivity contribution < 1.29 is 0 Å². The second kappa shape index (κ2) is 6.01. The molecule has 106 valence electrons. The highest BCUT2D eigenvalue weighted by molar-refractivity contribution is 4.94. The molecule has 0 aliphatic heterocycles. The molecule has 1 heterocycles. The van der Waals surface area contributed by atoms with Gasteiger partial charge < -0.3 is 10.2 Å². The molecule has 5 nitrogen and oxygen atoms in total. The highest BCUT2D eigenvalue weighted by atomic mass is 15.4. The molecule has 0 atom stereocenters. The fourth-order valence-electron chi connectivity index (χ4n) is 2.85. The van der Waals surface area contributed by atoms with Gasteiger partial charge in [-0.1, -0.05) is 18.1 Å². The van der Waals surface area contributed by atoms with Gasteiger partial charge in [0.25, 0.3) is 0 Å². The molecule has 0 amide bonds. The van der Waals surface area contributed by atoms with Crippen LogP contribution >= 0.6 is 0 Å². The number of nitrogens with zero attached hydrogens (tertiary/aromatic N) is 4. The van der Waals surface area contributed by atoms with Crippen molar-refractivity contribution in [3.05, 3.63) is 11.9 Å². The normalized spacial score (nSPS) is 20.5. The molecule has 0 radical (unpaired) electrons. The lowest BCUT2D eigenvalue weighted by Crippen LogP contribution is -2.32. The van der Waals surface area contributed by atoms with Crippen molar-refractivity contribution in [1.82, 2.24) is 25.2 Å². The van der Waals surface area contributed by atoms with E-state index >= 15 is 0 Å². The molecule has 19 heavy (non-hydrogen) atoms. The Kier molecular flexibility index (Phi) is 4.13. The van der Waals surface area contributed by atoms with Gasteiger partial charge in [-0.2, -0.15) is 0 Å². The minimum atomic E-state index is 0.735. The maximum absolute atomic E-state index is 4.22. The number of hydrogen-bond acceptors (Lipinski definition) is 4. The number of hydrogen-bond donors (Lipinski definition) is 1. The molecule has 1 N–H and O–H groups in total. The predicted octanol–water partition coefficient (Wildman–Crippen LogP) is 1.40. The van der Waals surface area contributed by atoms with E-state index in [2.05, 4.69) is 33.8 Å². The predicted molar refractivity (Wildman–Crippen MR) is 74.8 cm³/mol. The van der Waals surface area contributed by atoms with Crippen molar-refractivity contribution >= 4 is 0 Å². The van der Waals surface area contributed by atoms with Crippen LogP contribution < -0.4 is 5.32 Å². The van der Waals surface area contributed by atoms with Crippen molar-refractivity contribution in [2.75, 3.05) is 13.6 Å². The first-order chi connectivity index (χ1) is 9.31. The average Bonchev–Trinajstić information content (AvgIpc) is 2.94. The van der Waals surface area contributed by atoms with Gasteiger partial charge in [-0.15, -0.1) is 5.10 Å². The minimum absolute atomic E-state index is 0.735. The zero-order valence-corrected chi connectivity index (χ0v) is 11.9. The summed E-state index contributed by atoms with van der Waals surface area (Å²) in [6.45, 7) is 2.88. The van der Waals surface area contributed by atoms with Crippen molar-refractivity contribution in [2.24, 2.45) is 0 Å². The molecule has 3 rings (SSSR count). The summed E-state index contributed by atoms with van der Waals surface area (Å²) in [4.78, 5) is 2.48. The second-order valence-electron chi connectivity index (χ2n) is 6.05. The Balaban J connectivity index is 1.41. The Labute approximate surface area is 115 Å². The lowest BCUT2D eigenvalue weighted by molar-refractivity contribution is 0.232. The Morgan fingerprint density at radius 3 is 2.84 bits per heavy atom. The van der Waals surface area contributed by atoms with E-state index in [1.165, 1.54) is 38.5 Å². The number of likely N-dealkylation sites (N-methyl/N-ethyl adjacent to an activating group) is 1. The van der Waals surface area contributed by atoms with E-state index in [1.54, 1.807) is 0 Å². The van der Waals surface area contributed by atoms with Crippen LogP contribution in [0.2, 0.25) is 0 Å². The molecule has 0 bridgehead atoms. The fraction of sp³-hybridized carbons (Fsp3) is 0.857. The second-order valence-corrected chi connectivity index (χ2v) is 6.05. The van der Waals surface area contributed by atoms with Crippen LogP contribution in [0.15, 0.2) is 6.20 Å². The van der Waals surface area contributed by atoms with E-state index in [1.807, 2.05) is 4.68 Å². The first-order valence-corrected chi connectivity index (χ1v) is 7.64. The Morgan fingerprint density at radius 1 is 1.32 bits per heavy atom. The Morgan fingerprint density at radius 2 is 2.11 bits per heavy atom. The number of nitrogens with one attached hydrogen (secondary N) is 1. The van der Waals surface area contributed by atoms with Crippen LogP contribution in [0, 0.1) is 0 Å². The van der Waals surface area contributed by atoms with Gasteiger partial charge in [0.05, 0.1) is 12.2 Å². The molecule has 5 heteroatoms. The van der Waals surface area contributed by atoms with Gasteiger partial charge >= 0.3 is 0 Å². The Hall–Kier alpha value is -0.940. The zero-order chi connectivity index (χ0) is 13.1. The van der Waals surface area contributed by atoms with Crippen molar-refractivity contribution in [3.63, 3.8) is 0 Å².